The Morgan fingerprint density at radius 2 is 1.67 bits per heavy atom. The summed E-state index contributed by atoms with van der Waals surface area (Å²) in [5, 5.41) is 3.70. The average molecular weight is 341 g/mol. The van der Waals surface area contributed by atoms with Gasteiger partial charge in [-0.2, -0.15) is 0 Å². The molecule has 6 heteroatoms. The summed E-state index contributed by atoms with van der Waals surface area (Å²) in [6.07, 6.45) is 3.10. The van der Waals surface area contributed by atoms with Gasteiger partial charge >= 0.3 is 0 Å². The smallest absolute Gasteiger partial charge is 0.194 e. The Hall–Kier alpha value is -1.11. The molecule has 2 heterocycles. The lowest BCUT2D eigenvalue weighted by Gasteiger charge is -2.35. The third kappa shape index (κ3) is 3.60. The Kier molecular flexibility index (Phi) is 5.47. The van der Waals surface area contributed by atoms with Crippen LogP contribution in [0.5, 0.6) is 0 Å². The Balaban J connectivity index is 1.79. The molecule has 2 fully saturated rings. The summed E-state index contributed by atoms with van der Waals surface area (Å²) >= 11 is 0. The van der Waals surface area contributed by atoms with Crippen LogP contribution in [0.4, 0.5) is 13.2 Å². The molecule has 134 valence electrons. The van der Waals surface area contributed by atoms with E-state index in [2.05, 4.69) is 22.2 Å². The fourth-order valence-corrected chi connectivity index (χ4v) is 4.05. The van der Waals surface area contributed by atoms with Crippen molar-refractivity contribution in [2.24, 2.45) is 0 Å². The van der Waals surface area contributed by atoms with E-state index in [0.29, 0.717) is 11.6 Å². The van der Waals surface area contributed by atoms with Gasteiger partial charge in [0.25, 0.3) is 0 Å². The first-order valence-electron chi connectivity index (χ1n) is 8.82. The van der Waals surface area contributed by atoms with E-state index in [1.807, 2.05) is 6.92 Å². The third-order valence-corrected chi connectivity index (χ3v) is 5.42. The van der Waals surface area contributed by atoms with Crippen molar-refractivity contribution in [1.29, 1.82) is 0 Å². The molecular weight excluding hydrogens is 315 g/mol. The molecular formula is C18H26F3N3. The van der Waals surface area contributed by atoms with Crippen molar-refractivity contribution in [3.8, 4) is 0 Å². The average Bonchev–Trinajstić information content (AvgIpc) is 2.97. The Labute approximate surface area is 141 Å². The van der Waals surface area contributed by atoms with Gasteiger partial charge in [-0.25, -0.2) is 13.2 Å². The van der Waals surface area contributed by atoms with Gasteiger partial charge in [0.2, 0.25) is 0 Å². The molecule has 1 aromatic rings. The van der Waals surface area contributed by atoms with E-state index in [1.54, 1.807) is 0 Å². The van der Waals surface area contributed by atoms with Crippen molar-refractivity contribution in [3.05, 3.63) is 35.1 Å². The molecule has 0 amide bonds. The lowest BCUT2D eigenvalue weighted by atomic mass is 9.96. The summed E-state index contributed by atoms with van der Waals surface area (Å²) in [6.45, 7) is 5.85. The van der Waals surface area contributed by atoms with Gasteiger partial charge < -0.3 is 10.2 Å². The zero-order valence-electron chi connectivity index (χ0n) is 14.4. The van der Waals surface area contributed by atoms with E-state index in [1.165, 1.54) is 0 Å². The molecule has 1 N–H and O–H groups in total. The minimum Gasteiger partial charge on any atom is -0.309 e. The molecule has 0 radical (unpaired) electrons. The minimum atomic E-state index is -1.39. The second-order valence-corrected chi connectivity index (χ2v) is 7.01. The number of likely N-dealkylation sites (N-methyl/N-ethyl adjacent to an activating group) is 1. The van der Waals surface area contributed by atoms with Gasteiger partial charge in [0, 0.05) is 18.6 Å². The van der Waals surface area contributed by atoms with Gasteiger partial charge in [0.05, 0.1) is 6.04 Å². The number of halogens is 3. The molecule has 0 unspecified atom stereocenters. The Morgan fingerprint density at radius 3 is 2.25 bits per heavy atom. The van der Waals surface area contributed by atoms with Crippen molar-refractivity contribution in [2.75, 3.05) is 33.2 Å². The minimum absolute atomic E-state index is 0.112. The quantitative estimate of drug-likeness (QED) is 0.850. The lowest BCUT2D eigenvalue weighted by molar-refractivity contribution is 0.200. The van der Waals surface area contributed by atoms with Crippen LogP contribution < -0.4 is 5.32 Å². The molecule has 0 saturated carbocycles. The molecule has 2 aliphatic rings. The SMILES string of the molecule is CCN1CC[C@@H](NC2CCN(C)CC2)[C@H]1c1cc(F)c(F)c(F)c1. The monoisotopic (exact) mass is 341 g/mol. The van der Waals surface area contributed by atoms with E-state index in [9.17, 15) is 13.2 Å². The molecule has 2 saturated heterocycles. The molecule has 0 aromatic heterocycles. The highest BCUT2D eigenvalue weighted by molar-refractivity contribution is 5.25. The highest BCUT2D eigenvalue weighted by Gasteiger charge is 2.36. The van der Waals surface area contributed by atoms with E-state index < -0.39 is 17.5 Å². The van der Waals surface area contributed by atoms with Crippen LogP contribution in [0.3, 0.4) is 0 Å². The molecule has 0 aliphatic carbocycles. The number of likely N-dealkylation sites (tertiary alicyclic amines) is 2. The van der Waals surface area contributed by atoms with E-state index in [4.69, 9.17) is 0 Å². The fourth-order valence-electron chi connectivity index (χ4n) is 4.05. The van der Waals surface area contributed by atoms with Crippen molar-refractivity contribution in [2.45, 2.75) is 44.3 Å². The Morgan fingerprint density at radius 1 is 1.04 bits per heavy atom. The van der Waals surface area contributed by atoms with Crippen LogP contribution in [0.1, 0.15) is 37.8 Å². The first-order chi connectivity index (χ1) is 11.5. The highest BCUT2D eigenvalue weighted by atomic mass is 19.2. The van der Waals surface area contributed by atoms with E-state index >= 15 is 0 Å². The van der Waals surface area contributed by atoms with Gasteiger partial charge in [-0.05, 0) is 63.6 Å². The first kappa shape index (κ1) is 17.7. The van der Waals surface area contributed by atoms with Crippen LogP contribution in [0.25, 0.3) is 0 Å². The molecule has 0 spiro atoms. The fraction of sp³-hybridized carbons (Fsp3) is 0.667. The summed E-state index contributed by atoms with van der Waals surface area (Å²) in [7, 11) is 2.12. The van der Waals surface area contributed by atoms with Gasteiger partial charge in [-0.15, -0.1) is 0 Å². The largest absolute Gasteiger partial charge is 0.309 e. The van der Waals surface area contributed by atoms with Crippen molar-refractivity contribution >= 4 is 0 Å². The summed E-state index contributed by atoms with van der Waals surface area (Å²) in [5.74, 6) is -3.60. The number of benzene rings is 1. The number of hydrogen-bond donors (Lipinski definition) is 1. The normalized spacial score (nSPS) is 27.0. The maximum Gasteiger partial charge on any atom is 0.194 e. The van der Waals surface area contributed by atoms with Crippen molar-refractivity contribution < 1.29 is 13.2 Å². The molecule has 1 aromatic carbocycles. The number of rotatable bonds is 4. The standard InChI is InChI=1S/C18H26F3N3/c1-3-24-9-6-16(22-13-4-7-23(2)8-5-13)18(24)12-10-14(19)17(21)15(20)11-12/h10-11,13,16,18,22H,3-9H2,1-2H3/t16-,18-/m1/s1. The third-order valence-electron chi connectivity index (χ3n) is 5.42. The number of hydrogen-bond acceptors (Lipinski definition) is 3. The molecule has 3 nitrogen and oxygen atoms in total. The maximum absolute atomic E-state index is 13.7. The molecule has 2 aliphatic heterocycles. The topological polar surface area (TPSA) is 18.5 Å². The molecule has 2 atom stereocenters. The van der Waals surface area contributed by atoms with Crippen molar-refractivity contribution in [1.82, 2.24) is 15.1 Å². The maximum atomic E-state index is 13.7. The number of piperidine rings is 1. The van der Waals surface area contributed by atoms with Crippen LogP contribution in [-0.4, -0.2) is 55.1 Å². The zero-order chi connectivity index (χ0) is 17.3. The summed E-state index contributed by atoms with van der Waals surface area (Å²) in [6, 6.07) is 2.77. The number of nitrogens with zero attached hydrogens (tertiary/aromatic N) is 2. The van der Waals surface area contributed by atoms with Gasteiger partial charge in [0.15, 0.2) is 17.5 Å². The predicted molar refractivity (Wildman–Crippen MR) is 88.4 cm³/mol. The zero-order valence-corrected chi connectivity index (χ0v) is 14.4. The van der Waals surface area contributed by atoms with E-state index in [0.717, 1.165) is 57.6 Å². The molecule has 24 heavy (non-hydrogen) atoms. The van der Waals surface area contributed by atoms with Gasteiger partial charge in [0.1, 0.15) is 0 Å². The highest BCUT2D eigenvalue weighted by Crippen LogP contribution is 2.34. The van der Waals surface area contributed by atoms with Crippen LogP contribution in [0.2, 0.25) is 0 Å². The van der Waals surface area contributed by atoms with Crippen LogP contribution in [-0.2, 0) is 0 Å². The van der Waals surface area contributed by atoms with Crippen LogP contribution >= 0.6 is 0 Å². The Bertz CT molecular complexity index is 550. The lowest BCUT2D eigenvalue weighted by Crippen LogP contribution is -2.47. The van der Waals surface area contributed by atoms with Crippen LogP contribution in [0, 0.1) is 17.5 Å². The number of nitrogens with one attached hydrogen (secondary N) is 1. The molecule has 0 bridgehead atoms. The van der Waals surface area contributed by atoms with E-state index in [-0.39, 0.29) is 12.1 Å². The second kappa shape index (κ2) is 7.42. The summed E-state index contributed by atoms with van der Waals surface area (Å²) in [5.41, 5.74) is 0.524. The predicted octanol–water partition coefficient (Wildman–Crippen LogP) is 2.92. The van der Waals surface area contributed by atoms with Gasteiger partial charge in [-0.3, -0.25) is 4.90 Å². The summed E-state index contributed by atoms with van der Waals surface area (Å²) in [4.78, 5) is 4.52. The van der Waals surface area contributed by atoms with Gasteiger partial charge in [-0.1, -0.05) is 6.92 Å². The molecule has 3 rings (SSSR count). The second-order valence-electron chi connectivity index (χ2n) is 7.01. The summed E-state index contributed by atoms with van der Waals surface area (Å²) < 4.78 is 40.7. The first-order valence-corrected chi connectivity index (χ1v) is 8.82. The van der Waals surface area contributed by atoms with Crippen LogP contribution in [0.15, 0.2) is 12.1 Å². The van der Waals surface area contributed by atoms with Crippen molar-refractivity contribution in [3.63, 3.8) is 0 Å².